The number of β-amino-alcohol motifs (C(OH)–C–C–N with tert-alkyl or cyclic N) is 1. The van der Waals surface area contributed by atoms with Gasteiger partial charge >= 0.3 is 0 Å². The van der Waals surface area contributed by atoms with Gasteiger partial charge in [0, 0.05) is 32.2 Å². The highest BCUT2D eigenvalue weighted by molar-refractivity contribution is 5.87. The molecule has 4 heterocycles. The van der Waals surface area contributed by atoms with E-state index < -0.39 is 122 Å². The average Bonchev–Trinajstić information content (AvgIpc) is 3.39. The number of aliphatic hydroxyl groups is 6. The van der Waals surface area contributed by atoms with E-state index in [1.165, 1.54) is 0 Å². The fourth-order valence-corrected chi connectivity index (χ4v) is 6.77. The van der Waals surface area contributed by atoms with Gasteiger partial charge in [-0.2, -0.15) is 0 Å². The summed E-state index contributed by atoms with van der Waals surface area (Å²) in [6.07, 6.45) is -12.3. The molecular weight excluding hydrogens is 680 g/mol. The lowest BCUT2D eigenvalue weighted by Gasteiger charge is -2.47. The number of rotatable bonds is 15. The molecule has 0 unspecified atom stereocenters. The molecule has 1 saturated carbocycles. The Labute approximate surface area is 295 Å². The van der Waals surface area contributed by atoms with Gasteiger partial charge < -0.3 is 104 Å². The molecule has 21 heteroatoms. The smallest absolute Gasteiger partial charge is 0.254 e. The van der Waals surface area contributed by atoms with Crippen molar-refractivity contribution in [3.05, 3.63) is 12.2 Å². The van der Waals surface area contributed by atoms with E-state index in [0.717, 1.165) is 6.42 Å². The number of carbonyl (C=O) groups is 1. The van der Waals surface area contributed by atoms with Crippen LogP contribution in [-0.4, -0.2) is 192 Å². The number of carbonyl (C=O) groups excluding carboxylic acids is 1. The second-order valence-corrected chi connectivity index (χ2v) is 13.8. The molecular formula is C30H56N8O13. The Balaban J connectivity index is 1.33. The molecule has 17 atom stereocenters. The third-order valence-corrected chi connectivity index (χ3v) is 9.99. The lowest BCUT2D eigenvalue weighted by atomic mass is 9.83. The van der Waals surface area contributed by atoms with Gasteiger partial charge in [0.25, 0.3) is 5.91 Å². The van der Waals surface area contributed by atoms with E-state index in [1.807, 2.05) is 0 Å². The second-order valence-electron chi connectivity index (χ2n) is 13.8. The van der Waals surface area contributed by atoms with Crippen LogP contribution in [0.3, 0.4) is 0 Å². The summed E-state index contributed by atoms with van der Waals surface area (Å²) in [5.41, 5.74) is 28.5. The Morgan fingerprint density at radius 2 is 1.55 bits per heavy atom. The van der Waals surface area contributed by atoms with Crippen molar-refractivity contribution in [3.8, 4) is 0 Å². The van der Waals surface area contributed by atoms with E-state index in [0.29, 0.717) is 19.6 Å². The van der Waals surface area contributed by atoms with Crippen molar-refractivity contribution < 1.29 is 63.9 Å². The number of ether oxygens (including phenoxy) is 6. The number of aliphatic hydroxyl groups excluding tert-OH is 5. The molecule has 0 aromatic rings. The second kappa shape index (κ2) is 17.7. The summed E-state index contributed by atoms with van der Waals surface area (Å²) in [6.45, 7) is 0.853. The first kappa shape index (κ1) is 40.6. The molecule has 4 aliphatic heterocycles. The molecule has 4 fully saturated rings. The fourth-order valence-electron chi connectivity index (χ4n) is 6.77. The fraction of sp³-hybridized carbons (Fsp3) is 0.900. The molecule has 0 spiro atoms. The summed E-state index contributed by atoms with van der Waals surface area (Å²) in [5.74, 6) is -0.721. The summed E-state index contributed by atoms with van der Waals surface area (Å²) >= 11 is 0. The predicted molar refractivity (Wildman–Crippen MR) is 175 cm³/mol. The largest absolute Gasteiger partial charge is 0.394 e. The Bertz CT molecular complexity index is 1160. The van der Waals surface area contributed by atoms with Gasteiger partial charge in [0.1, 0.15) is 54.9 Å². The van der Waals surface area contributed by atoms with Crippen molar-refractivity contribution in [1.82, 2.24) is 16.0 Å². The van der Waals surface area contributed by atoms with Crippen molar-refractivity contribution in [2.45, 2.75) is 123 Å². The minimum Gasteiger partial charge on any atom is -0.394 e. The number of hydrogen-bond donors (Lipinski definition) is 14. The molecule has 0 aromatic carbocycles. The maximum Gasteiger partial charge on any atom is 0.254 e. The zero-order chi connectivity index (χ0) is 37.0. The SMILES string of the molecule is NCCCNC[C@@H]1C=C[C@@H](N)[C@@H](O[C@H]2[C@H](O[C@@H]3O[C@H](CO)[C@@H](O[C@H]4O[C@@H](CN)[C@@H](O)[C@H](O)[C@H]4N)[C@H]3O)[C@@H](O)[C@H](NC(=O)C3(O)CNC3)C[C@@H]2N)O1. The van der Waals surface area contributed by atoms with E-state index in [4.69, 9.17) is 57.1 Å². The lowest BCUT2D eigenvalue weighted by molar-refractivity contribution is -0.284. The standard InChI is InChI=1S/C30H56N8O13/c31-4-1-5-36-8-12-2-3-13(33)26(46-12)49-23-14(34)6-15(38-29(44)30(45)10-37-11-30)19(40)25(23)51-28-22(43)24(17(9-39)48-28)50-27-18(35)21(42)20(41)16(7-32)47-27/h2-3,12-28,36-37,39-43,45H,1,4-11,31-35H2,(H,38,44)/t12-,13+,14-,15+,16-,17+,18+,19-,20+,21+,22+,23+,24+,25+,26+,27+,28-/m0/s1. The minimum absolute atomic E-state index is 0.00468. The predicted octanol–water partition coefficient (Wildman–Crippen LogP) is -8.59. The van der Waals surface area contributed by atoms with Crippen LogP contribution >= 0.6 is 0 Å². The van der Waals surface area contributed by atoms with Crippen LogP contribution in [0.25, 0.3) is 0 Å². The number of nitrogens with two attached hydrogens (primary N) is 5. The third kappa shape index (κ3) is 9.05. The van der Waals surface area contributed by atoms with Crippen molar-refractivity contribution >= 4 is 5.91 Å². The molecule has 21 nitrogen and oxygen atoms in total. The monoisotopic (exact) mass is 736 g/mol. The summed E-state index contributed by atoms with van der Waals surface area (Å²) < 4.78 is 36.0. The Morgan fingerprint density at radius 1 is 0.863 bits per heavy atom. The highest BCUT2D eigenvalue weighted by Crippen LogP contribution is 2.34. The zero-order valence-corrected chi connectivity index (χ0v) is 28.3. The van der Waals surface area contributed by atoms with Gasteiger partial charge in [0.05, 0.1) is 30.8 Å². The molecule has 5 rings (SSSR count). The van der Waals surface area contributed by atoms with Gasteiger partial charge in [-0.1, -0.05) is 12.2 Å². The van der Waals surface area contributed by atoms with Crippen LogP contribution in [0.1, 0.15) is 12.8 Å². The van der Waals surface area contributed by atoms with Crippen LogP contribution in [0.4, 0.5) is 0 Å². The maximum absolute atomic E-state index is 12.9. The minimum atomic E-state index is -1.67. The first-order chi connectivity index (χ1) is 24.3. The van der Waals surface area contributed by atoms with Crippen molar-refractivity contribution in [2.24, 2.45) is 28.7 Å². The molecule has 19 N–H and O–H groups in total. The Hall–Kier alpha value is -1.55. The average molecular weight is 737 g/mol. The van der Waals surface area contributed by atoms with E-state index in [2.05, 4.69) is 16.0 Å². The van der Waals surface area contributed by atoms with Gasteiger partial charge in [-0.15, -0.1) is 0 Å². The van der Waals surface area contributed by atoms with Crippen molar-refractivity contribution in [3.63, 3.8) is 0 Å². The first-order valence-corrected chi connectivity index (χ1v) is 17.4. The van der Waals surface area contributed by atoms with Gasteiger partial charge in [-0.25, -0.2) is 0 Å². The molecule has 51 heavy (non-hydrogen) atoms. The van der Waals surface area contributed by atoms with Gasteiger partial charge in [0.15, 0.2) is 24.5 Å². The molecule has 0 bridgehead atoms. The topological polar surface area (TPSA) is 360 Å². The molecule has 5 aliphatic rings. The summed E-state index contributed by atoms with van der Waals surface area (Å²) in [7, 11) is 0. The van der Waals surface area contributed by atoms with Crippen LogP contribution in [0.5, 0.6) is 0 Å². The molecule has 0 aromatic heterocycles. The van der Waals surface area contributed by atoms with Crippen molar-refractivity contribution in [1.29, 1.82) is 0 Å². The molecule has 0 radical (unpaired) electrons. The number of nitrogens with one attached hydrogen (secondary N) is 3. The molecule has 3 saturated heterocycles. The summed E-state index contributed by atoms with van der Waals surface area (Å²) in [4.78, 5) is 12.9. The number of amides is 1. The quantitative estimate of drug-likeness (QED) is 0.0548. The normalized spacial score (nSPS) is 45.4. The third-order valence-electron chi connectivity index (χ3n) is 9.99. The Morgan fingerprint density at radius 3 is 2.20 bits per heavy atom. The van der Waals surface area contributed by atoms with Crippen molar-refractivity contribution in [2.75, 3.05) is 45.9 Å². The van der Waals surface area contributed by atoms with Gasteiger partial charge in [0.2, 0.25) is 0 Å². The van der Waals surface area contributed by atoms with E-state index in [-0.39, 0.29) is 26.1 Å². The maximum atomic E-state index is 12.9. The van der Waals surface area contributed by atoms with Crippen LogP contribution in [0.2, 0.25) is 0 Å². The molecule has 294 valence electrons. The highest BCUT2D eigenvalue weighted by Gasteiger charge is 2.55. The molecule has 1 aliphatic carbocycles. The summed E-state index contributed by atoms with van der Waals surface area (Å²) in [6, 6.07) is -3.93. The van der Waals surface area contributed by atoms with Gasteiger partial charge in [-0.05, 0) is 25.9 Å². The van der Waals surface area contributed by atoms with E-state index in [9.17, 15) is 35.4 Å². The van der Waals surface area contributed by atoms with Crippen LogP contribution < -0.4 is 44.6 Å². The van der Waals surface area contributed by atoms with E-state index >= 15 is 0 Å². The Kier molecular flexibility index (Phi) is 14.1. The molecule has 1 amide bonds. The first-order valence-electron chi connectivity index (χ1n) is 17.4. The van der Waals surface area contributed by atoms with Crippen LogP contribution in [-0.2, 0) is 33.2 Å². The van der Waals surface area contributed by atoms with E-state index in [1.54, 1.807) is 12.2 Å². The highest BCUT2D eigenvalue weighted by atomic mass is 16.8. The van der Waals surface area contributed by atoms with Gasteiger partial charge in [-0.3, -0.25) is 4.79 Å². The van der Waals surface area contributed by atoms with Crippen LogP contribution in [0.15, 0.2) is 12.2 Å². The zero-order valence-electron chi connectivity index (χ0n) is 28.3. The van der Waals surface area contributed by atoms with Crippen LogP contribution in [0, 0.1) is 0 Å². The summed E-state index contributed by atoms with van der Waals surface area (Å²) in [5, 5.41) is 73.2. The lowest BCUT2D eigenvalue weighted by Crippen LogP contribution is -2.71. The number of hydrogen-bond acceptors (Lipinski definition) is 20.